The van der Waals surface area contributed by atoms with Crippen LogP contribution in [0, 0.1) is 17.0 Å². The summed E-state index contributed by atoms with van der Waals surface area (Å²) in [7, 11) is 0. The van der Waals surface area contributed by atoms with Crippen LogP contribution in [-0.4, -0.2) is 14.9 Å². The Kier molecular flexibility index (Phi) is 4.02. The van der Waals surface area contributed by atoms with Crippen LogP contribution in [-0.2, 0) is 0 Å². The van der Waals surface area contributed by atoms with Crippen molar-refractivity contribution in [1.29, 1.82) is 0 Å². The van der Waals surface area contributed by atoms with Gasteiger partial charge in [-0.15, -0.1) is 0 Å². The molecule has 0 bridgehead atoms. The second kappa shape index (κ2) is 5.74. The number of ether oxygens (including phenoxy) is 1. The molecule has 0 spiro atoms. The van der Waals surface area contributed by atoms with Crippen molar-refractivity contribution in [3.05, 3.63) is 45.8 Å². The average Bonchev–Trinajstić information content (AvgIpc) is 2.40. The first-order chi connectivity index (χ1) is 9.90. The highest BCUT2D eigenvalue weighted by molar-refractivity contribution is 5.53. The summed E-state index contributed by atoms with van der Waals surface area (Å²) < 4.78 is 5.63. The summed E-state index contributed by atoms with van der Waals surface area (Å²) in [5, 5.41) is 11.1. The van der Waals surface area contributed by atoms with Crippen molar-refractivity contribution in [3.63, 3.8) is 0 Å². The van der Waals surface area contributed by atoms with E-state index in [0.29, 0.717) is 11.4 Å². The molecule has 7 heteroatoms. The molecule has 0 unspecified atom stereocenters. The maximum atomic E-state index is 11.1. The molecule has 0 amide bonds. The topological polar surface area (TPSA) is 104 Å². The third-order valence-corrected chi connectivity index (χ3v) is 2.97. The molecule has 0 aliphatic heterocycles. The normalized spacial score (nSPS) is 10.7. The van der Waals surface area contributed by atoms with E-state index in [-0.39, 0.29) is 23.2 Å². The summed E-state index contributed by atoms with van der Waals surface area (Å²) in [6.45, 7) is 5.62. The van der Waals surface area contributed by atoms with E-state index in [1.54, 1.807) is 19.1 Å². The van der Waals surface area contributed by atoms with E-state index in [1.165, 1.54) is 12.4 Å². The smallest absolute Gasteiger partial charge is 0.311 e. The lowest BCUT2D eigenvalue weighted by molar-refractivity contribution is -0.385. The van der Waals surface area contributed by atoms with Crippen LogP contribution in [0.5, 0.6) is 11.6 Å². The van der Waals surface area contributed by atoms with E-state index in [4.69, 9.17) is 10.5 Å². The standard InChI is InChI=1S/C14H16N4O3/c1-8(2)12-13(15)16-7-17-14(12)21-11-5-4-9(3)6-10(11)18(19)20/h4-8H,1-3H3,(H2,15,16,17). The number of aryl methyl sites for hydroxylation is 1. The van der Waals surface area contributed by atoms with E-state index in [9.17, 15) is 10.1 Å². The number of nitrogen functional groups attached to an aromatic ring is 1. The molecule has 21 heavy (non-hydrogen) atoms. The summed E-state index contributed by atoms with van der Waals surface area (Å²) in [5.74, 6) is 0.713. The number of nitro groups is 1. The molecule has 0 aliphatic rings. The molecule has 2 rings (SSSR count). The molecular formula is C14H16N4O3. The molecule has 0 atom stereocenters. The summed E-state index contributed by atoms with van der Waals surface area (Å²) in [5.41, 5.74) is 7.13. The van der Waals surface area contributed by atoms with Gasteiger partial charge in [0.1, 0.15) is 12.1 Å². The molecule has 2 aromatic rings. The summed E-state index contributed by atoms with van der Waals surface area (Å²) in [6, 6.07) is 4.74. The number of rotatable bonds is 4. The van der Waals surface area contributed by atoms with Gasteiger partial charge < -0.3 is 10.5 Å². The molecule has 1 aromatic heterocycles. The maximum absolute atomic E-state index is 11.1. The number of hydrogen-bond donors (Lipinski definition) is 1. The SMILES string of the molecule is Cc1ccc(Oc2ncnc(N)c2C(C)C)c([N+](=O)[O-])c1. The zero-order chi connectivity index (χ0) is 15.6. The Morgan fingerprint density at radius 3 is 2.67 bits per heavy atom. The van der Waals surface area contributed by atoms with Crippen molar-refractivity contribution >= 4 is 11.5 Å². The van der Waals surface area contributed by atoms with Crippen LogP contribution in [0.3, 0.4) is 0 Å². The Bertz CT molecular complexity index is 686. The molecular weight excluding hydrogens is 272 g/mol. The Labute approximate surface area is 121 Å². The molecule has 1 aromatic carbocycles. The molecule has 110 valence electrons. The van der Waals surface area contributed by atoms with Crippen molar-refractivity contribution in [2.24, 2.45) is 0 Å². The van der Waals surface area contributed by atoms with Gasteiger partial charge in [0.25, 0.3) is 0 Å². The Balaban J connectivity index is 2.49. The van der Waals surface area contributed by atoms with Crippen LogP contribution in [0.25, 0.3) is 0 Å². The predicted molar refractivity (Wildman–Crippen MR) is 78.4 cm³/mol. The van der Waals surface area contributed by atoms with Crippen molar-refractivity contribution in [1.82, 2.24) is 9.97 Å². The van der Waals surface area contributed by atoms with Gasteiger partial charge in [-0.2, -0.15) is 0 Å². The van der Waals surface area contributed by atoms with Crippen LogP contribution in [0.15, 0.2) is 24.5 Å². The number of nitrogens with zero attached hydrogens (tertiary/aromatic N) is 3. The molecule has 0 saturated carbocycles. The lowest BCUT2D eigenvalue weighted by Gasteiger charge is -2.13. The van der Waals surface area contributed by atoms with Crippen molar-refractivity contribution < 1.29 is 9.66 Å². The number of aromatic nitrogens is 2. The minimum absolute atomic E-state index is 0.0331. The highest BCUT2D eigenvalue weighted by Crippen LogP contribution is 2.35. The highest BCUT2D eigenvalue weighted by Gasteiger charge is 2.20. The van der Waals surface area contributed by atoms with Crippen molar-refractivity contribution in [2.45, 2.75) is 26.7 Å². The van der Waals surface area contributed by atoms with Crippen molar-refractivity contribution in [2.75, 3.05) is 5.73 Å². The Morgan fingerprint density at radius 2 is 2.05 bits per heavy atom. The fraction of sp³-hybridized carbons (Fsp3) is 0.286. The van der Waals surface area contributed by atoms with E-state index >= 15 is 0 Å². The summed E-state index contributed by atoms with van der Waals surface area (Å²) >= 11 is 0. The predicted octanol–water partition coefficient (Wildman–Crippen LogP) is 3.19. The molecule has 0 radical (unpaired) electrons. The minimum atomic E-state index is -0.484. The molecule has 0 fully saturated rings. The molecule has 7 nitrogen and oxygen atoms in total. The van der Waals surface area contributed by atoms with Gasteiger partial charge in [0.2, 0.25) is 11.6 Å². The van der Waals surface area contributed by atoms with E-state index in [2.05, 4.69) is 9.97 Å². The van der Waals surface area contributed by atoms with Crippen LogP contribution >= 0.6 is 0 Å². The van der Waals surface area contributed by atoms with Gasteiger partial charge in [0.05, 0.1) is 10.5 Å². The highest BCUT2D eigenvalue weighted by atomic mass is 16.6. The monoisotopic (exact) mass is 288 g/mol. The fourth-order valence-corrected chi connectivity index (χ4v) is 1.98. The third kappa shape index (κ3) is 3.07. The second-order valence-corrected chi connectivity index (χ2v) is 4.96. The molecule has 1 heterocycles. The average molecular weight is 288 g/mol. The zero-order valence-corrected chi connectivity index (χ0v) is 12.0. The van der Waals surface area contributed by atoms with Gasteiger partial charge in [-0.3, -0.25) is 10.1 Å². The van der Waals surface area contributed by atoms with Gasteiger partial charge in [-0.25, -0.2) is 9.97 Å². The van der Waals surface area contributed by atoms with Crippen LogP contribution in [0.4, 0.5) is 11.5 Å². The number of nitrogens with two attached hydrogens (primary N) is 1. The lowest BCUT2D eigenvalue weighted by Crippen LogP contribution is -2.05. The van der Waals surface area contributed by atoms with Gasteiger partial charge in [0.15, 0.2) is 0 Å². The van der Waals surface area contributed by atoms with Gasteiger partial charge in [-0.05, 0) is 24.5 Å². The third-order valence-electron chi connectivity index (χ3n) is 2.97. The van der Waals surface area contributed by atoms with E-state index in [1.807, 2.05) is 13.8 Å². The number of benzene rings is 1. The first-order valence-electron chi connectivity index (χ1n) is 6.43. The first kappa shape index (κ1) is 14.7. The van der Waals surface area contributed by atoms with Gasteiger partial charge in [0, 0.05) is 6.07 Å². The lowest BCUT2D eigenvalue weighted by atomic mass is 10.1. The quantitative estimate of drug-likeness (QED) is 0.684. The molecule has 0 saturated heterocycles. The van der Waals surface area contributed by atoms with E-state index < -0.39 is 4.92 Å². The first-order valence-corrected chi connectivity index (χ1v) is 6.43. The summed E-state index contributed by atoms with van der Waals surface area (Å²) in [6.07, 6.45) is 1.27. The Morgan fingerprint density at radius 1 is 1.33 bits per heavy atom. The fourth-order valence-electron chi connectivity index (χ4n) is 1.98. The largest absolute Gasteiger partial charge is 0.431 e. The Hall–Kier alpha value is -2.70. The minimum Gasteiger partial charge on any atom is -0.431 e. The zero-order valence-electron chi connectivity index (χ0n) is 12.0. The van der Waals surface area contributed by atoms with Gasteiger partial charge in [-0.1, -0.05) is 19.9 Å². The van der Waals surface area contributed by atoms with Crippen molar-refractivity contribution in [3.8, 4) is 11.6 Å². The second-order valence-electron chi connectivity index (χ2n) is 4.96. The van der Waals surface area contributed by atoms with Gasteiger partial charge >= 0.3 is 5.69 Å². The van der Waals surface area contributed by atoms with Crippen LogP contribution in [0.1, 0.15) is 30.9 Å². The number of anilines is 1. The number of nitro benzene ring substituents is 1. The molecule has 0 aliphatic carbocycles. The summed E-state index contributed by atoms with van der Waals surface area (Å²) in [4.78, 5) is 18.6. The van der Waals surface area contributed by atoms with E-state index in [0.717, 1.165) is 5.56 Å². The maximum Gasteiger partial charge on any atom is 0.311 e. The van der Waals surface area contributed by atoms with Crippen LogP contribution in [0.2, 0.25) is 0 Å². The van der Waals surface area contributed by atoms with Crippen LogP contribution < -0.4 is 10.5 Å². The number of hydrogen-bond acceptors (Lipinski definition) is 6. The molecule has 2 N–H and O–H groups in total.